The van der Waals surface area contributed by atoms with Crippen LogP contribution in [0.25, 0.3) is 0 Å². The summed E-state index contributed by atoms with van der Waals surface area (Å²) in [6.45, 7) is 0.643. The molecule has 124 valence electrons. The van der Waals surface area contributed by atoms with Crippen molar-refractivity contribution in [3.63, 3.8) is 0 Å². The van der Waals surface area contributed by atoms with Crippen LogP contribution in [0, 0.1) is 17.6 Å². The van der Waals surface area contributed by atoms with Gasteiger partial charge in [0.15, 0.2) is 0 Å². The van der Waals surface area contributed by atoms with Crippen molar-refractivity contribution >= 4 is 17.3 Å². The highest BCUT2D eigenvalue weighted by molar-refractivity contribution is 5.99. The molecule has 1 saturated carbocycles. The molecular weight excluding hydrogens is 310 g/mol. The Kier molecular flexibility index (Phi) is 3.52. The van der Waals surface area contributed by atoms with E-state index < -0.39 is 11.6 Å². The van der Waals surface area contributed by atoms with Crippen molar-refractivity contribution in [1.29, 1.82) is 0 Å². The molecule has 0 bridgehead atoms. The molecule has 1 heterocycles. The molecule has 0 saturated heterocycles. The third-order valence-corrected chi connectivity index (χ3v) is 5.02. The number of halogens is 2. The summed E-state index contributed by atoms with van der Waals surface area (Å²) in [5.41, 5.74) is 8.89. The van der Waals surface area contributed by atoms with Crippen molar-refractivity contribution in [2.45, 2.75) is 25.2 Å². The highest BCUT2D eigenvalue weighted by atomic mass is 19.1. The Morgan fingerprint density at radius 2 is 2.04 bits per heavy atom. The topological polar surface area (TPSA) is 46.3 Å². The van der Waals surface area contributed by atoms with Crippen molar-refractivity contribution in [2.75, 3.05) is 17.2 Å². The minimum absolute atomic E-state index is 0.0183. The molecule has 2 N–H and O–H groups in total. The number of benzene rings is 2. The molecule has 2 aromatic rings. The molecule has 2 atom stereocenters. The van der Waals surface area contributed by atoms with E-state index in [4.69, 9.17) is 5.73 Å². The van der Waals surface area contributed by atoms with Crippen LogP contribution in [-0.2, 0) is 11.2 Å². The first-order chi connectivity index (χ1) is 11.6. The molecule has 1 aliphatic carbocycles. The second-order valence-corrected chi connectivity index (χ2v) is 6.55. The molecule has 2 unspecified atom stereocenters. The molecule has 2 aliphatic rings. The standard InChI is InChI=1S/C19H18F2N2O/c20-11-6-7-16(21)14(9-11)13-10-15(13)19(24)23-8-2-3-12-17(22)4-1-5-18(12)23/h1,4-7,9,13,15H,2-3,8,10,22H2. The van der Waals surface area contributed by atoms with E-state index in [9.17, 15) is 13.6 Å². The summed E-state index contributed by atoms with van der Waals surface area (Å²) in [4.78, 5) is 14.6. The van der Waals surface area contributed by atoms with E-state index in [-0.39, 0.29) is 17.7 Å². The van der Waals surface area contributed by atoms with E-state index in [1.165, 1.54) is 6.07 Å². The molecule has 1 aliphatic heterocycles. The first-order valence-electron chi connectivity index (χ1n) is 8.20. The normalized spacial score (nSPS) is 22.2. The SMILES string of the molecule is Nc1cccc2c1CCCN2C(=O)C1CC1c1cc(F)ccc1F. The Hall–Kier alpha value is -2.43. The Labute approximate surface area is 139 Å². The number of rotatable bonds is 2. The predicted octanol–water partition coefficient (Wildman–Crippen LogP) is 3.63. The van der Waals surface area contributed by atoms with Crippen LogP contribution in [0.1, 0.15) is 29.9 Å². The molecule has 4 rings (SSSR count). The molecule has 24 heavy (non-hydrogen) atoms. The lowest BCUT2D eigenvalue weighted by Gasteiger charge is -2.30. The zero-order valence-corrected chi connectivity index (χ0v) is 13.1. The van der Waals surface area contributed by atoms with Crippen molar-refractivity contribution in [2.24, 2.45) is 5.92 Å². The van der Waals surface area contributed by atoms with Crippen LogP contribution in [0.5, 0.6) is 0 Å². The molecule has 0 radical (unpaired) electrons. The van der Waals surface area contributed by atoms with Crippen LogP contribution in [0.4, 0.5) is 20.2 Å². The molecule has 2 aromatic carbocycles. The van der Waals surface area contributed by atoms with Gasteiger partial charge >= 0.3 is 0 Å². The summed E-state index contributed by atoms with van der Waals surface area (Å²) < 4.78 is 27.3. The first kappa shape index (κ1) is 15.1. The van der Waals surface area contributed by atoms with Gasteiger partial charge in [-0.05, 0) is 66.6 Å². The average Bonchev–Trinajstić information content (AvgIpc) is 3.37. The summed E-state index contributed by atoms with van der Waals surface area (Å²) in [5, 5.41) is 0. The van der Waals surface area contributed by atoms with Gasteiger partial charge in [-0.1, -0.05) is 6.07 Å². The molecule has 0 spiro atoms. The van der Waals surface area contributed by atoms with E-state index in [0.717, 1.165) is 36.2 Å². The van der Waals surface area contributed by atoms with Gasteiger partial charge in [-0.2, -0.15) is 0 Å². The van der Waals surface area contributed by atoms with Gasteiger partial charge in [-0.15, -0.1) is 0 Å². The quantitative estimate of drug-likeness (QED) is 0.856. The number of nitrogens with two attached hydrogens (primary N) is 1. The third-order valence-electron chi connectivity index (χ3n) is 5.02. The Morgan fingerprint density at radius 1 is 1.21 bits per heavy atom. The van der Waals surface area contributed by atoms with Crippen LogP contribution in [0.3, 0.4) is 0 Å². The van der Waals surface area contributed by atoms with E-state index in [1.54, 1.807) is 4.90 Å². The smallest absolute Gasteiger partial charge is 0.230 e. The fourth-order valence-electron chi connectivity index (χ4n) is 3.69. The summed E-state index contributed by atoms with van der Waals surface area (Å²) in [6, 6.07) is 9.02. The van der Waals surface area contributed by atoms with Gasteiger partial charge in [0.1, 0.15) is 11.6 Å². The predicted molar refractivity (Wildman–Crippen MR) is 88.7 cm³/mol. The Morgan fingerprint density at radius 3 is 2.88 bits per heavy atom. The fourth-order valence-corrected chi connectivity index (χ4v) is 3.69. The number of carbonyl (C=O) groups is 1. The highest BCUT2D eigenvalue weighted by Crippen LogP contribution is 2.50. The van der Waals surface area contributed by atoms with Crippen LogP contribution >= 0.6 is 0 Å². The van der Waals surface area contributed by atoms with Crippen molar-refractivity contribution in [3.05, 3.63) is 59.2 Å². The number of carbonyl (C=O) groups excluding carboxylic acids is 1. The van der Waals surface area contributed by atoms with Gasteiger partial charge in [-0.25, -0.2) is 8.78 Å². The van der Waals surface area contributed by atoms with E-state index in [2.05, 4.69) is 0 Å². The molecule has 5 heteroatoms. The number of fused-ring (bicyclic) bond motifs is 1. The number of nitrogens with zero attached hydrogens (tertiary/aromatic N) is 1. The lowest BCUT2D eigenvalue weighted by molar-refractivity contribution is -0.120. The van der Waals surface area contributed by atoms with Gasteiger partial charge in [0.2, 0.25) is 5.91 Å². The highest BCUT2D eigenvalue weighted by Gasteiger charge is 2.47. The maximum Gasteiger partial charge on any atom is 0.230 e. The molecule has 3 nitrogen and oxygen atoms in total. The van der Waals surface area contributed by atoms with E-state index in [1.807, 2.05) is 18.2 Å². The van der Waals surface area contributed by atoms with Gasteiger partial charge in [0.05, 0.1) is 0 Å². The first-order valence-corrected chi connectivity index (χ1v) is 8.20. The largest absolute Gasteiger partial charge is 0.398 e. The third kappa shape index (κ3) is 2.44. The maximum atomic E-state index is 13.9. The molecule has 1 fully saturated rings. The van der Waals surface area contributed by atoms with Crippen molar-refractivity contribution < 1.29 is 13.6 Å². The zero-order valence-electron chi connectivity index (χ0n) is 13.1. The van der Waals surface area contributed by atoms with E-state index in [0.29, 0.717) is 24.2 Å². The summed E-state index contributed by atoms with van der Waals surface area (Å²) in [7, 11) is 0. The Bertz CT molecular complexity index is 821. The van der Waals surface area contributed by atoms with Crippen molar-refractivity contribution in [3.8, 4) is 0 Å². The van der Waals surface area contributed by atoms with Gasteiger partial charge in [0.25, 0.3) is 0 Å². The maximum absolute atomic E-state index is 13.9. The average molecular weight is 328 g/mol. The second kappa shape index (κ2) is 5.58. The molecular formula is C19H18F2N2O. The Balaban J connectivity index is 1.59. The van der Waals surface area contributed by atoms with Gasteiger partial charge in [0, 0.05) is 23.8 Å². The number of nitrogen functional groups attached to an aromatic ring is 1. The fraction of sp³-hybridized carbons (Fsp3) is 0.316. The van der Waals surface area contributed by atoms with Crippen LogP contribution in [0.2, 0.25) is 0 Å². The lowest BCUT2D eigenvalue weighted by Crippen LogP contribution is -2.37. The number of hydrogen-bond acceptors (Lipinski definition) is 2. The van der Waals surface area contributed by atoms with Crippen molar-refractivity contribution in [1.82, 2.24) is 0 Å². The number of amides is 1. The van der Waals surface area contributed by atoms with Crippen LogP contribution in [0.15, 0.2) is 36.4 Å². The van der Waals surface area contributed by atoms with Crippen LogP contribution < -0.4 is 10.6 Å². The minimum Gasteiger partial charge on any atom is -0.398 e. The lowest BCUT2D eigenvalue weighted by atomic mass is 9.99. The monoisotopic (exact) mass is 328 g/mol. The number of hydrogen-bond donors (Lipinski definition) is 1. The van der Waals surface area contributed by atoms with Gasteiger partial charge in [-0.3, -0.25) is 4.79 Å². The van der Waals surface area contributed by atoms with Gasteiger partial charge < -0.3 is 10.6 Å². The second-order valence-electron chi connectivity index (χ2n) is 6.55. The summed E-state index contributed by atoms with van der Waals surface area (Å²) in [6.07, 6.45) is 2.28. The van der Waals surface area contributed by atoms with E-state index >= 15 is 0 Å². The zero-order chi connectivity index (χ0) is 16.8. The minimum atomic E-state index is -0.472. The molecule has 0 aromatic heterocycles. The van der Waals surface area contributed by atoms with Crippen LogP contribution in [-0.4, -0.2) is 12.5 Å². The number of anilines is 2. The summed E-state index contributed by atoms with van der Waals surface area (Å²) in [5.74, 6) is -1.45. The summed E-state index contributed by atoms with van der Waals surface area (Å²) >= 11 is 0. The molecule has 1 amide bonds.